The minimum atomic E-state index is 0.457. The standard InChI is InChI=1S/C13H21ClN4/c1-5-11-15-12(14)10(3)13(16-11)18-7-6-17(4)8-9(18)2/h9H,5-8H2,1-4H3. The third-order valence-corrected chi connectivity index (χ3v) is 3.89. The lowest BCUT2D eigenvalue weighted by Crippen LogP contribution is -2.51. The summed E-state index contributed by atoms with van der Waals surface area (Å²) in [6, 6.07) is 0.457. The van der Waals surface area contributed by atoms with Crippen LogP contribution in [0.5, 0.6) is 0 Å². The van der Waals surface area contributed by atoms with E-state index in [0.29, 0.717) is 11.2 Å². The average molecular weight is 269 g/mol. The predicted octanol–water partition coefficient (Wildman–Crippen LogP) is 2.14. The molecule has 18 heavy (non-hydrogen) atoms. The topological polar surface area (TPSA) is 32.3 Å². The second-order valence-electron chi connectivity index (χ2n) is 5.04. The maximum absolute atomic E-state index is 6.21. The van der Waals surface area contributed by atoms with Crippen molar-refractivity contribution >= 4 is 17.4 Å². The number of aryl methyl sites for hydroxylation is 1. The number of hydrogen-bond donors (Lipinski definition) is 0. The van der Waals surface area contributed by atoms with Crippen LogP contribution in [0.1, 0.15) is 25.2 Å². The maximum Gasteiger partial charge on any atom is 0.137 e. The molecule has 1 aromatic heterocycles. The minimum absolute atomic E-state index is 0.457. The molecule has 0 aromatic carbocycles. The Hall–Kier alpha value is -0.870. The largest absolute Gasteiger partial charge is 0.351 e. The summed E-state index contributed by atoms with van der Waals surface area (Å²) in [7, 11) is 2.16. The van der Waals surface area contributed by atoms with Crippen molar-refractivity contribution in [2.45, 2.75) is 33.2 Å². The molecule has 0 spiro atoms. The quantitative estimate of drug-likeness (QED) is 0.770. The van der Waals surface area contributed by atoms with Crippen molar-refractivity contribution in [2.24, 2.45) is 0 Å². The van der Waals surface area contributed by atoms with E-state index in [9.17, 15) is 0 Å². The molecular formula is C13H21ClN4. The SMILES string of the molecule is CCc1nc(Cl)c(C)c(N2CCN(C)CC2C)n1. The summed E-state index contributed by atoms with van der Waals surface area (Å²) in [5.74, 6) is 1.83. The molecule has 0 radical (unpaired) electrons. The van der Waals surface area contributed by atoms with E-state index in [1.54, 1.807) is 0 Å². The van der Waals surface area contributed by atoms with Crippen LogP contribution >= 0.6 is 11.6 Å². The van der Waals surface area contributed by atoms with E-state index in [-0.39, 0.29) is 0 Å². The van der Waals surface area contributed by atoms with Gasteiger partial charge in [0, 0.05) is 37.7 Å². The first kappa shape index (κ1) is 13.6. The van der Waals surface area contributed by atoms with Crippen LogP contribution in [0, 0.1) is 6.92 Å². The zero-order valence-corrected chi connectivity index (χ0v) is 12.3. The summed E-state index contributed by atoms with van der Waals surface area (Å²) >= 11 is 6.21. The fourth-order valence-electron chi connectivity index (χ4n) is 2.41. The fourth-order valence-corrected chi connectivity index (χ4v) is 2.59. The van der Waals surface area contributed by atoms with Crippen LogP contribution in [-0.4, -0.2) is 47.6 Å². The second kappa shape index (κ2) is 5.41. The van der Waals surface area contributed by atoms with Gasteiger partial charge < -0.3 is 9.80 Å². The van der Waals surface area contributed by atoms with Gasteiger partial charge in [-0.2, -0.15) is 0 Å². The molecule has 0 saturated carbocycles. The normalized spacial score (nSPS) is 21.4. The fraction of sp³-hybridized carbons (Fsp3) is 0.692. The first-order valence-electron chi connectivity index (χ1n) is 6.51. The number of halogens is 1. The molecule has 0 N–H and O–H groups in total. The van der Waals surface area contributed by atoms with Crippen LogP contribution in [-0.2, 0) is 6.42 Å². The number of piperazine rings is 1. The smallest absolute Gasteiger partial charge is 0.137 e. The summed E-state index contributed by atoms with van der Waals surface area (Å²) < 4.78 is 0. The average Bonchev–Trinajstić information content (AvgIpc) is 2.33. The Bertz CT molecular complexity index is 435. The molecule has 0 bridgehead atoms. The van der Waals surface area contributed by atoms with E-state index in [1.807, 2.05) is 6.92 Å². The molecule has 1 aromatic rings. The lowest BCUT2D eigenvalue weighted by molar-refractivity contribution is 0.274. The maximum atomic E-state index is 6.21. The van der Waals surface area contributed by atoms with Crippen LogP contribution in [0.2, 0.25) is 5.15 Å². The van der Waals surface area contributed by atoms with Crippen molar-refractivity contribution in [2.75, 3.05) is 31.6 Å². The number of anilines is 1. The van der Waals surface area contributed by atoms with Crippen molar-refractivity contribution in [3.05, 3.63) is 16.5 Å². The molecule has 1 aliphatic heterocycles. The molecule has 1 aliphatic rings. The number of rotatable bonds is 2. The van der Waals surface area contributed by atoms with Gasteiger partial charge in [0.25, 0.3) is 0 Å². The van der Waals surface area contributed by atoms with Gasteiger partial charge in [-0.1, -0.05) is 18.5 Å². The van der Waals surface area contributed by atoms with Gasteiger partial charge in [0.1, 0.15) is 16.8 Å². The highest BCUT2D eigenvalue weighted by Crippen LogP contribution is 2.26. The summed E-state index contributed by atoms with van der Waals surface area (Å²) in [6.07, 6.45) is 0.815. The Labute approximate surface area is 114 Å². The molecule has 2 rings (SSSR count). The molecule has 0 amide bonds. The minimum Gasteiger partial charge on any atom is -0.351 e. The van der Waals surface area contributed by atoms with E-state index in [0.717, 1.165) is 43.3 Å². The third kappa shape index (κ3) is 2.59. The van der Waals surface area contributed by atoms with Crippen LogP contribution < -0.4 is 4.90 Å². The van der Waals surface area contributed by atoms with Gasteiger partial charge in [-0.3, -0.25) is 0 Å². The lowest BCUT2D eigenvalue weighted by atomic mass is 10.1. The molecule has 5 heteroatoms. The van der Waals surface area contributed by atoms with E-state index >= 15 is 0 Å². The van der Waals surface area contributed by atoms with Crippen LogP contribution in [0.3, 0.4) is 0 Å². The van der Waals surface area contributed by atoms with Crippen molar-refractivity contribution in [3.8, 4) is 0 Å². The first-order chi connectivity index (χ1) is 8.52. The van der Waals surface area contributed by atoms with E-state index in [2.05, 4.69) is 40.7 Å². The zero-order valence-electron chi connectivity index (χ0n) is 11.6. The van der Waals surface area contributed by atoms with Gasteiger partial charge in [-0.05, 0) is 20.9 Å². The zero-order chi connectivity index (χ0) is 13.3. The van der Waals surface area contributed by atoms with Crippen molar-refractivity contribution < 1.29 is 0 Å². The van der Waals surface area contributed by atoms with Gasteiger partial charge in [0.05, 0.1) is 0 Å². The number of aromatic nitrogens is 2. The number of likely N-dealkylation sites (N-methyl/N-ethyl adjacent to an activating group) is 1. The van der Waals surface area contributed by atoms with Crippen molar-refractivity contribution in [1.82, 2.24) is 14.9 Å². The molecule has 0 aliphatic carbocycles. The van der Waals surface area contributed by atoms with Gasteiger partial charge in [-0.25, -0.2) is 9.97 Å². The predicted molar refractivity (Wildman–Crippen MR) is 75.5 cm³/mol. The van der Waals surface area contributed by atoms with Gasteiger partial charge in [0.2, 0.25) is 0 Å². The van der Waals surface area contributed by atoms with E-state index in [1.165, 1.54) is 0 Å². The number of hydrogen-bond acceptors (Lipinski definition) is 4. The Morgan fingerprint density at radius 1 is 1.33 bits per heavy atom. The molecule has 4 nitrogen and oxygen atoms in total. The molecule has 1 fully saturated rings. The van der Waals surface area contributed by atoms with E-state index < -0.39 is 0 Å². The van der Waals surface area contributed by atoms with Crippen LogP contribution in [0.25, 0.3) is 0 Å². The Balaban J connectivity index is 2.35. The Morgan fingerprint density at radius 3 is 2.67 bits per heavy atom. The molecule has 2 heterocycles. The van der Waals surface area contributed by atoms with Crippen LogP contribution in [0.15, 0.2) is 0 Å². The van der Waals surface area contributed by atoms with Gasteiger partial charge in [0.15, 0.2) is 0 Å². The molecule has 1 saturated heterocycles. The Kier molecular flexibility index (Phi) is 4.07. The third-order valence-electron chi connectivity index (χ3n) is 3.53. The highest BCUT2D eigenvalue weighted by molar-refractivity contribution is 6.30. The first-order valence-corrected chi connectivity index (χ1v) is 6.89. The highest BCUT2D eigenvalue weighted by Gasteiger charge is 2.25. The highest BCUT2D eigenvalue weighted by atomic mass is 35.5. The molecule has 1 atom stereocenters. The monoisotopic (exact) mass is 268 g/mol. The van der Waals surface area contributed by atoms with Gasteiger partial charge >= 0.3 is 0 Å². The molecule has 100 valence electrons. The van der Waals surface area contributed by atoms with Crippen molar-refractivity contribution in [3.63, 3.8) is 0 Å². The second-order valence-corrected chi connectivity index (χ2v) is 5.40. The van der Waals surface area contributed by atoms with Crippen LogP contribution in [0.4, 0.5) is 5.82 Å². The molecule has 1 unspecified atom stereocenters. The summed E-state index contributed by atoms with van der Waals surface area (Å²) in [4.78, 5) is 13.7. The summed E-state index contributed by atoms with van der Waals surface area (Å²) in [6.45, 7) is 9.40. The van der Waals surface area contributed by atoms with E-state index in [4.69, 9.17) is 11.6 Å². The van der Waals surface area contributed by atoms with Crippen molar-refractivity contribution in [1.29, 1.82) is 0 Å². The summed E-state index contributed by atoms with van der Waals surface area (Å²) in [5, 5.41) is 0.586. The molecular weight excluding hydrogens is 248 g/mol. The lowest BCUT2D eigenvalue weighted by Gasteiger charge is -2.39. The number of nitrogens with zero attached hydrogens (tertiary/aromatic N) is 4. The Morgan fingerprint density at radius 2 is 2.06 bits per heavy atom. The summed E-state index contributed by atoms with van der Waals surface area (Å²) in [5.41, 5.74) is 0.991. The van der Waals surface area contributed by atoms with Gasteiger partial charge in [-0.15, -0.1) is 0 Å².